The van der Waals surface area contributed by atoms with Crippen LogP contribution in [-0.4, -0.2) is 121 Å². The lowest BCUT2D eigenvalue weighted by Crippen LogP contribution is -2.57. The molecule has 1 heterocycles. The minimum atomic E-state index is -5.42. The van der Waals surface area contributed by atoms with Crippen molar-refractivity contribution in [3.05, 3.63) is 11.8 Å². The second kappa shape index (κ2) is 11.9. The summed E-state index contributed by atoms with van der Waals surface area (Å²) in [4.78, 5) is 22.4. The summed E-state index contributed by atoms with van der Waals surface area (Å²) in [6.45, 7) is -1.49. The third-order valence-corrected chi connectivity index (χ3v) is 5.28. The van der Waals surface area contributed by atoms with Crippen molar-refractivity contribution in [1.82, 2.24) is 4.72 Å². The maximum atomic E-state index is 11.2. The molecule has 0 aromatic heterocycles. The average molecular weight is 577 g/mol. The quantitative estimate of drug-likeness (QED) is 0.0705. The number of hydrogen-bond donors (Lipinski definition) is 8. The van der Waals surface area contributed by atoms with E-state index >= 15 is 0 Å². The molecule has 0 aliphatic carbocycles. The largest absolute Gasteiger partial charge is 0.475 e. The fourth-order valence-corrected chi connectivity index (χ4v) is 3.81. The van der Waals surface area contributed by atoms with Crippen LogP contribution in [0.3, 0.4) is 0 Å². The summed E-state index contributed by atoms with van der Waals surface area (Å²) in [5.74, 6) is -3.01. The van der Waals surface area contributed by atoms with Gasteiger partial charge in [0.1, 0.15) is 36.7 Å². The molecule has 0 bridgehead atoms. The number of aliphatic hydroxyl groups is 3. The zero-order chi connectivity index (χ0) is 27.4. The van der Waals surface area contributed by atoms with Gasteiger partial charge in [0.15, 0.2) is 6.10 Å². The van der Waals surface area contributed by atoms with E-state index in [4.69, 9.17) is 28.2 Å². The monoisotopic (exact) mass is 577 g/mol. The molecule has 0 spiro atoms. The summed E-state index contributed by atoms with van der Waals surface area (Å²) in [6, 6.07) is -2.38. The Hall–Kier alpha value is -1.87. The van der Waals surface area contributed by atoms with Crippen LogP contribution in [0.5, 0.6) is 0 Å². The lowest BCUT2D eigenvalue weighted by molar-refractivity contribution is -0.250. The molecule has 8 N–H and O–H groups in total. The lowest BCUT2D eigenvalue weighted by Gasteiger charge is -2.37. The summed E-state index contributed by atoms with van der Waals surface area (Å²) < 4.78 is 111. The highest BCUT2D eigenvalue weighted by Crippen LogP contribution is 2.26. The molecule has 0 aromatic carbocycles. The van der Waals surface area contributed by atoms with Gasteiger partial charge in [-0.15, -0.1) is 0 Å². The highest BCUT2D eigenvalue weighted by molar-refractivity contribution is 7.83. The number of carboxylic acid groups (broad SMARTS) is 1. The predicted molar refractivity (Wildman–Crippen MR) is 102 cm³/mol. The van der Waals surface area contributed by atoms with E-state index in [9.17, 15) is 50.2 Å². The number of carbonyl (C=O) groups excluding carboxylic acids is 1. The maximum absolute atomic E-state index is 11.2. The Morgan fingerprint density at radius 1 is 1.11 bits per heavy atom. The second-order valence-corrected chi connectivity index (χ2v) is 9.75. The van der Waals surface area contributed by atoms with Gasteiger partial charge in [-0.25, -0.2) is 13.2 Å². The SMILES string of the molecule is O=C[C@H](NS(=O)(=O)O)[C@@H](O)C(O[C@@H]1OC(C(=O)O)=C[C@H](O)[C@H]1OS(=O)(=O)O)[C@H](O)COS(=O)(=O)O. The molecule has 0 fully saturated rings. The lowest BCUT2D eigenvalue weighted by atomic mass is 10.0. The van der Waals surface area contributed by atoms with Crippen molar-refractivity contribution in [3.63, 3.8) is 0 Å². The summed E-state index contributed by atoms with van der Waals surface area (Å²) in [6.07, 6.45) is -14.7. The number of ether oxygens (including phenoxy) is 2. The number of rotatable bonds is 14. The number of aldehydes is 1. The number of nitrogens with one attached hydrogen (secondary N) is 1. The molecule has 1 rings (SSSR count). The van der Waals surface area contributed by atoms with Gasteiger partial charge in [-0.2, -0.15) is 30.0 Å². The van der Waals surface area contributed by atoms with E-state index < -0.39 is 92.3 Å². The normalized spacial score (nSPS) is 25.0. The molecular formula is C12H19NO19S3. The summed E-state index contributed by atoms with van der Waals surface area (Å²) >= 11 is 0. The van der Waals surface area contributed by atoms with E-state index in [2.05, 4.69) is 8.37 Å². The van der Waals surface area contributed by atoms with Crippen molar-refractivity contribution >= 4 is 43.4 Å². The van der Waals surface area contributed by atoms with Gasteiger partial charge in [0.25, 0.3) is 0 Å². The molecule has 0 saturated carbocycles. The van der Waals surface area contributed by atoms with Crippen molar-refractivity contribution < 1.29 is 86.8 Å². The van der Waals surface area contributed by atoms with Gasteiger partial charge in [0.2, 0.25) is 12.0 Å². The first-order valence-corrected chi connectivity index (χ1v) is 12.7. The first-order valence-electron chi connectivity index (χ1n) is 8.53. The Morgan fingerprint density at radius 3 is 2.11 bits per heavy atom. The first kappa shape index (κ1) is 31.2. The Morgan fingerprint density at radius 2 is 1.69 bits per heavy atom. The topological polar surface area (TPSA) is 327 Å². The van der Waals surface area contributed by atoms with E-state index in [1.165, 1.54) is 4.72 Å². The van der Waals surface area contributed by atoms with Crippen molar-refractivity contribution in [2.24, 2.45) is 0 Å². The molecule has 1 aliphatic rings. The van der Waals surface area contributed by atoms with Crippen LogP contribution in [0.4, 0.5) is 0 Å². The third-order valence-electron chi connectivity index (χ3n) is 3.81. The Kier molecular flexibility index (Phi) is 10.6. The maximum Gasteiger partial charge on any atom is 0.397 e. The third kappa shape index (κ3) is 10.7. The van der Waals surface area contributed by atoms with Gasteiger partial charge in [-0.05, 0) is 6.08 Å². The first-order chi connectivity index (χ1) is 15.7. The number of carbonyl (C=O) groups is 2. The van der Waals surface area contributed by atoms with Crippen LogP contribution >= 0.6 is 0 Å². The number of aliphatic hydroxyl groups excluding tert-OH is 3. The van der Waals surface area contributed by atoms with Gasteiger partial charge < -0.3 is 34.7 Å². The van der Waals surface area contributed by atoms with Crippen LogP contribution in [0.1, 0.15) is 0 Å². The molecule has 204 valence electrons. The van der Waals surface area contributed by atoms with Crippen molar-refractivity contribution in [2.45, 2.75) is 42.9 Å². The molecule has 35 heavy (non-hydrogen) atoms. The molecule has 7 atom stereocenters. The van der Waals surface area contributed by atoms with Gasteiger partial charge >= 0.3 is 37.1 Å². The standard InChI is InChI=1S/C12H19NO19S3/c14-2-4(13-33(20,21)22)8(17)9(6(16)3-29-34(23,24)25)31-12-10(32-35(26,27)28)5(15)1-7(30-12)11(18)19/h1-2,4-6,8-10,12-13,15-17H,3H2,(H,18,19)(H,20,21,22)(H,23,24,25)(H,26,27,28)/t4-,5-,6+,8+,9?,10+,12-/m0/s1. The molecule has 0 amide bonds. The summed E-state index contributed by atoms with van der Waals surface area (Å²) in [5.41, 5.74) is 0. The fraction of sp³-hybridized carbons (Fsp3) is 0.667. The van der Waals surface area contributed by atoms with Gasteiger partial charge in [0.05, 0.1) is 6.61 Å². The highest BCUT2D eigenvalue weighted by atomic mass is 32.3. The second-order valence-electron chi connectivity index (χ2n) is 6.43. The Balaban J connectivity index is 3.43. The summed E-state index contributed by atoms with van der Waals surface area (Å²) in [7, 11) is -15.9. The van der Waals surface area contributed by atoms with E-state index in [-0.39, 0.29) is 6.29 Å². The predicted octanol–water partition coefficient (Wildman–Crippen LogP) is -5.25. The minimum Gasteiger partial charge on any atom is -0.475 e. The Labute approximate surface area is 196 Å². The van der Waals surface area contributed by atoms with Crippen LogP contribution in [-0.2, 0) is 58.5 Å². The number of aliphatic carboxylic acids is 1. The Bertz CT molecular complexity index is 1110. The smallest absolute Gasteiger partial charge is 0.397 e. The van der Waals surface area contributed by atoms with E-state index in [0.29, 0.717) is 6.08 Å². The van der Waals surface area contributed by atoms with Crippen molar-refractivity contribution in [2.75, 3.05) is 6.61 Å². The van der Waals surface area contributed by atoms with Gasteiger partial charge in [-0.3, -0.25) is 13.7 Å². The van der Waals surface area contributed by atoms with E-state index in [1.807, 2.05) is 0 Å². The van der Waals surface area contributed by atoms with Crippen molar-refractivity contribution in [1.29, 1.82) is 0 Å². The molecule has 0 aromatic rings. The molecule has 0 radical (unpaired) electrons. The molecule has 1 aliphatic heterocycles. The zero-order valence-electron chi connectivity index (χ0n) is 16.7. The number of hydrogen-bond acceptors (Lipinski definition) is 15. The van der Waals surface area contributed by atoms with Crippen LogP contribution in [0.2, 0.25) is 0 Å². The van der Waals surface area contributed by atoms with Crippen LogP contribution in [0.25, 0.3) is 0 Å². The van der Waals surface area contributed by atoms with Gasteiger partial charge in [0, 0.05) is 0 Å². The van der Waals surface area contributed by atoms with E-state index in [1.54, 1.807) is 0 Å². The minimum absolute atomic E-state index is 0.351. The highest BCUT2D eigenvalue weighted by Gasteiger charge is 2.45. The van der Waals surface area contributed by atoms with Crippen LogP contribution < -0.4 is 4.72 Å². The summed E-state index contributed by atoms with van der Waals surface area (Å²) in [5, 5.41) is 39.5. The molecule has 23 heteroatoms. The van der Waals surface area contributed by atoms with Gasteiger partial charge in [-0.1, -0.05) is 0 Å². The average Bonchev–Trinajstić information content (AvgIpc) is 2.67. The van der Waals surface area contributed by atoms with Crippen molar-refractivity contribution in [3.8, 4) is 0 Å². The molecule has 1 unspecified atom stereocenters. The fourth-order valence-electron chi connectivity index (χ4n) is 2.47. The molecule has 0 saturated heterocycles. The number of carboxylic acids is 1. The van der Waals surface area contributed by atoms with Crippen LogP contribution in [0.15, 0.2) is 11.8 Å². The van der Waals surface area contributed by atoms with Crippen LogP contribution in [0, 0.1) is 0 Å². The molecular weight excluding hydrogens is 558 g/mol. The molecule has 20 nitrogen and oxygen atoms in total. The van der Waals surface area contributed by atoms with E-state index in [0.717, 1.165) is 0 Å². The zero-order valence-corrected chi connectivity index (χ0v) is 19.1.